The zero-order chi connectivity index (χ0) is 28.6. The quantitative estimate of drug-likeness (QED) is 0.208. The highest BCUT2D eigenvalue weighted by Gasteiger charge is 2.19. The van der Waals surface area contributed by atoms with Crippen LogP contribution in [0.15, 0.2) is 152 Å². The smallest absolute Gasteiger partial charge is 0.164 e. The van der Waals surface area contributed by atoms with Gasteiger partial charge in [0, 0.05) is 36.9 Å². The van der Waals surface area contributed by atoms with Gasteiger partial charge in [0.25, 0.3) is 0 Å². The predicted molar refractivity (Wildman–Crippen MR) is 180 cm³/mol. The van der Waals surface area contributed by atoms with Crippen LogP contribution in [0, 0.1) is 0 Å². The minimum Gasteiger partial charge on any atom is -0.208 e. The molecule has 0 amide bonds. The number of rotatable bonds is 5. The van der Waals surface area contributed by atoms with Crippen LogP contribution in [0.5, 0.6) is 0 Å². The Hall–Kier alpha value is -5.45. The van der Waals surface area contributed by atoms with Gasteiger partial charge < -0.3 is 0 Å². The normalized spacial score (nSPS) is 11.3. The van der Waals surface area contributed by atoms with Crippen LogP contribution in [0.2, 0.25) is 0 Å². The zero-order valence-corrected chi connectivity index (χ0v) is 24.0. The molecule has 8 rings (SSSR count). The zero-order valence-electron chi connectivity index (χ0n) is 23.2. The summed E-state index contributed by atoms with van der Waals surface area (Å²) >= 11 is 1.82. The standard InChI is InChI=1S/C39H25N3S/c1-4-12-26(13-5-1)27-20-22-28(23-21-27)31-24-25-33(35-32-18-10-11-19-34(32)43-36(31)35)39-41-37(29-14-6-2-7-15-29)40-38(42-39)30-16-8-3-9-17-30/h1-25H. The monoisotopic (exact) mass is 567 g/mol. The average Bonchev–Trinajstić information content (AvgIpc) is 3.49. The van der Waals surface area contributed by atoms with E-state index in [4.69, 9.17) is 15.0 Å². The summed E-state index contributed by atoms with van der Waals surface area (Å²) in [5.41, 5.74) is 7.76. The highest BCUT2D eigenvalue weighted by Crippen LogP contribution is 2.44. The van der Waals surface area contributed by atoms with Crippen LogP contribution in [-0.4, -0.2) is 15.0 Å². The Labute approximate surface area is 253 Å². The molecule has 0 fully saturated rings. The molecule has 0 aliphatic carbocycles. The number of nitrogens with zero attached hydrogens (tertiary/aromatic N) is 3. The van der Waals surface area contributed by atoms with Crippen molar-refractivity contribution in [2.75, 3.05) is 0 Å². The fourth-order valence-electron chi connectivity index (χ4n) is 5.64. The molecule has 6 aromatic carbocycles. The summed E-state index contributed by atoms with van der Waals surface area (Å²) < 4.78 is 2.47. The highest BCUT2D eigenvalue weighted by atomic mass is 32.1. The van der Waals surface area contributed by atoms with Crippen LogP contribution in [0.25, 0.3) is 76.6 Å². The summed E-state index contributed by atoms with van der Waals surface area (Å²) in [5.74, 6) is 2.00. The fraction of sp³-hybridized carbons (Fsp3) is 0. The van der Waals surface area contributed by atoms with Crippen molar-refractivity contribution in [3.63, 3.8) is 0 Å². The van der Waals surface area contributed by atoms with E-state index in [9.17, 15) is 0 Å². The lowest BCUT2D eigenvalue weighted by atomic mass is 9.96. The number of aromatic nitrogens is 3. The van der Waals surface area contributed by atoms with Crippen LogP contribution < -0.4 is 0 Å². The molecule has 0 bridgehead atoms. The van der Waals surface area contributed by atoms with Crippen molar-refractivity contribution in [1.29, 1.82) is 0 Å². The van der Waals surface area contributed by atoms with Crippen LogP contribution in [0.3, 0.4) is 0 Å². The molecule has 0 unspecified atom stereocenters. The number of benzene rings is 6. The van der Waals surface area contributed by atoms with Crippen molar-refractivity contribution < 1.29 is 0 Å². The lowest BCUT2D eigenvalue weighted by Crippen LogP contribution is -2.00. The third kappa shape index (κ3) is 4.68. The molecule has 2 heterocycles. The van der Waals surface area contributed by atoms with Gasteiger partial charge in [-0.1, -0.05) is 140 Å². The van der Waals surface area contributed by atoms with Crippen LogP contribution >= 0.6 is 11.3 Å². The molecule has 0 atom stereocenters. The summed E-state index contributed by atoms with van der Waals surface area (Å²) in [6.45, 7) is 0. The van der Waals surface area contributed by atoms with Crippen molar-refractivity contribution in [1.82, 2.24) is 15.0 Å². The molecule has 0 saturated carbocycles. The molecule has 0 aliphatic heterocycles. The molecule has 202 valence electrons. The van der Waals surface area contributed by atoms with Crippen molar-refractivity contribution in [3.8, 4) is 56.4 Å². The van der Waals surface area contributed by atoms with Gasteiger partial charge in [-0.15, -0.1) is 11.3 Å². The molecule has 4 heteroatoms. The Kier molecular flexibility index (Phi) is 6.32. The first kappa shape index (κ1) is 25.3. The van der Waals surface area contributed by atoms with Gasteiger partial charge in [-0.05, 0) is 34.4 Å². The number of fused-ring (bicyclic) bond motifs is 3. The first-order valence-electron chi connectivity index (χ1n) is 14.3. The molecule has 43 heavy (non-hydrogen) atoms. The predicted octanol–water partition coefficient (Wildman–Crippen LogP) is 10.6. The largest absolute Gasteiger partial charge is 0.208 e. The maximum absolute atomic E-state index is 5.07. The maximum atomic E-state index is 5.07. The van der Waals surface area contributed by atoms with Gasteiger partial charge in [-0.3, -0.25) is 0 Å². The van der Waals surface area contributed by atoms with Crippen molar-refractivity contribution in [2.45, 2.75) is 0 Å². The second kappa shape index (κ2) is 10.8. The van der Waals surface area contributed by atoms with E-state index in [2.05, 4.69) is 91.0 Å². The number of hydrogen-bond donors (Lipinski definition) is 0. The Morgan fingerprint density at radius 2 is 0.814 bits per heavy atom. The van der Waals surface area contributed by atoms with Crippen LogP contribution in [-0.2, 0) is 0 Å². The molecule has 0 aliphatic rings. The Morgan fingerprint density at radius 3 is 1.44 bits per heavy atom. The van der Waals surface area contributed by atoms with E-state index in [0.29, 0.717) is 17.5 Å². The van der Waals surface area contributed by atoms with E-state index in [0.717, 1.165) is 16.7 Å². The van der Waals surface area contributed by atoms with E-state index < -0.39 is 0 Å². The van der Waals surface area contributed by atoms with Gasteiger partial charge in [0.05, 0.1) is 0 Å². The summed E-state index contributed by atoms with van der Waals surface area (Å²) in [6, 6.07) is 52.7. The minimum absolute atomic E-state index is 0.665. The Morgan fingerprint density at radius 1 is 0.349 bits per heavy atom. The van der Waals surface area contributed by atoms with Crippen LogP contribution in [0.4, 0.5) is 0 Å². The molecule has 0 saturated heterocycles. The first-order valence-corrected chi connectivity index (χ1v) is 15.1. The van der Waals surface area contributed by atoms with E-state index in [-0.39, 0.29) is 0 Å². The van der Waals surface area contributed by atoms with Gasteiger partial charge in [0.15, 0.2) is 17.5 Å². The summed E-state index contributed by atoms with van der Waals surface area (Å²) in [4.78, 5) is 15.0. The second-order valence-corrected chi connectivity index (χ2v) is 11.5. The third-order valence-electron chi connectivity index (χ3n) is 7.77. The maximum Gasteiger partial charge on any atom is 0.164 e. The minimum atomic E-state index is 0.665. The summed E-state index contributed by atoms with van der Waals surface area (Å²) in [6.07, 6.45) is 0. The Balaban J connectivity index is 1.34. The molecule has 2 aromatic heterocycles. The molecule has 8 aromatic rings. The summed E-state index contributed by atoms with van der Waals surface area (Å²) in [7, 11) is 0. The first-order chi connectivity index (χ1) is 21.3. The van der Waals surface area contributed by atoms with E-state index in [1.807, 2.05) is 72.0 Å². The lowest BCUT2D eigenvalue weighted by molar-refractivity contribution is 1.08. The van der Waals surface area contributed by atoms with Gasteiger partial charge in [0.2, 0.25) is 0 Å². The van der Waals surface area contributed by atoms with Crippen molar-refractivity contribution in [2.24, 2.45) is 0 Å². The van der Waals surface area contributed by atoms with E-state index in [1.54, 1.807) is 0 Å². The van der Waals surface area contributed by atoms with Gasteiger partial charge in [0.1, 0.15) is 0 Å². The van der Waals surface area contributed by atoms with E-state index >= 15 is 0 Å². The topological polar surface area (TPSA) is 38.7 Å². The average molecular weight is 568 g/mol. The van der Waals surface area contributed by atoms with Crippen LogP contribution in [0.1, 0.15) is 0 Å². The molecular formula is C39H25N3S. The van der Waals surface area contributed by atoms with Gasteiger partial charge in [-0.2, -0.15) is 0 Å². The molecule has 0 spiro atoms. The Bertz CT molecular complexity index is 2150. The van der Waals surface area contributed by atoms with Crippen molar-refractivity contribution in [3.05, 3.63) is 152 Å². The van der Waals surface area contributed by atoms with Crippen molar-refractivity contribution >= 4 is 31.5 Å². The number of hydrogen-bond acceptors (Lipinski definition) is 4. The highest BCUT2D eigenvalue weighted by molar-refractivity contribution is 7.26. The third-order valence-corrected chi connectivity index (χ3v) is 8.97. The molecule has 3 nitrogen and oxygen atoms in total. The second-order valence-electron chi connectivity index (χ2n) is 10.4. The summed E-state index contributed by atoms with van der Waals surface area (Å²) in [5, 5.41) is 2.39. The molecule has 0 radical (unpaired) electrons. The molecule has 0 N–H and O–H groups in total. The van der Waals surface area contributed by atoms with Gasteiger partial charge >= 0.3 is 0 Å². The lowest BCUT2D eigenvalue weighted by Gasteiger charge is -2.12. The van der Waals surface area contributed by atoms with Gasteiger partial charge in [-0.25, -0.2) is 15.0 Å². The van der Waals surface area contributed by atoms with E-state index in [1.165, 1.54) is 42.4 Å². The number of thiophene rings is 1. The SMILES string of the molecule is c1ccc(-c2ccc(-c3ccc(-c4nc(-c5ccccc5)nc(-c5ccccc5)n4)c4c3sc3ccccc34)cc2)cc1. The molecular weight excluding hydrogens is 543 g/mol. The fourth-order valence-corrected chi connectivity index (χ4v) is 6.91.